The third-order valence-electron chi connectivity index (χ3n) is 4.13. The summed E-state index contributed by atoms with van der Waals surface area (Å²) in [4.78, 5) is 33.7. The van der Waals surface area contributed by atoms with Crippen LogP contribution in [0, 0.1) is 0 Å². The molecule has 3 aromatic rings. The molecular weight excluding hydrogens is 322 g/mol. The van der Waals surface area contributed by atoms with Crippen LogP contribution in [0.25, 0.3) is 10.2 Å². The van der Waals surface area contributed by atoms with E-state index in [-0.39, 0.29) is 18.0 Å². The fourth-order valence-corrected chi connectivity index (χ4v) is 3.47. The van der Waals surface area contributed by atoms with Crippen molar-refractivity contribution in [3.05, 3.63) is 63.5 Å². The molecule has 0 unspecified atom stereocenters. The Morgan fingerprint density at radius 1 is 1.25 bits per heavy atom. The van der Waals surface area contributed by atoms with Gasteiger partial charge in [-0.1, -0.05) is 30.3 Å². The van der Waals surface area contributed by atoms with Gasteiger partial charge in [0.05, 0.1) is 17.5 Å². The normalized spacial score (nSPS) is 11.6. The minimum absolute atomic E-state index is 0.0261. The number of carbonyl (C=O) groups excluding carboxylic acids is 1. The molecule has 2 aromatic heterocycles. The van der Waals surface area contributed by atoms with Gasteiger partial charge in [-0.3, -0.25) is 9.59 Å². The van der Waals surface area contributed by atoms with Crippen LogP contribution in [0.15, 0.2) is 46.6 Å². The number of rotatable bonds is 4. The molecule has 0 aliphatic carbocycles. The maximum Gasteiger partial charge on any atom is 0.268 e. The molecule has 0 saturated carbocycles. The second-order valence-electron chi connectivity index (χ2n) is 6.30. The lowest BCUT2D eigenvalue weighted by atomic mass is 9.83. The Morgan fingerprint density at radius 3 is 2.67 bits per heavy atom. The van der Waals surface area contributed by atoms with Crippen molar-refractivity contribution in [2.75, 3.05) is 7.05 Å². The lowest BCUT2D eigenvalue weighted by Gasteiger charge is -2.29. The average molecular weight is 341 g/mol. The molecule has 124 valence electrons. The number of aromatic amines is 1. The zero-order chi connectivity index (χ0) is 17.3. The molecular formula is C18H19N3O2S. The van der Waals surface area contributed by atoms with Gasteiger partial charge in [0.1, 0.15) is 10.5 Å². The summed E-state index contributed by atoms with van der Waals surface area (Å²) in [5.41, 5.74) is 0.815. The second-order valence-corrected chi connectivity index (χ2v) is 7.22. The van der Waals surface area contributed by atoms with Gasteiger partial charge < -0.3 is 9.88 Å². The van der Waals surface area contributed by atoms with E-state index >= 15 is 0 Å². The molecule has 0 saturated heterocycles. The van der Waals surface area contributed by atoms with Gasteiger partial charge in [0, 0.05) is 7.05 Å². The Hall–Kier alpha value is -2.47. The molecule has 1 amide bonds. The van der Waals surface area contributed by atoms with E-state index < -0.39 is 5.41 Å². The number of benzene rings is 1. The van der Waals surface area contributed by atoms with Gasteiger partial charge in [0.2, 0.25) is 5.91 Å². The Bertz CT molecular complexity index is 928. The Kier molecular flexibility index (Phi) is 4.24. The van der Waals surface area contributed by atoms with E-state index in [2.05, 4.69) is 9.97 Å². The number of hydrogen-bond acceptors (Lipinski definition) is 4. The summed E-state index contributed by atoms with van der Waals surface area (Å²) in [5.74, 6) is 0.465. The van der Waals surface area contributed by atoms with Crippen LogP contribution < -0.4 is 5.56 Å². The van der Waals surface area contributed by atoms with E-state index in [1.807, 2.05) is 55.6 Å². The number of fused-ring (bicyclic) bond motifs is 1. The van der Waals surface area contributed by atoms with Crippen molar-refractivity contribution in [3.63, 3.8) is 0 Å². The average Bonchev–Trinajstić information content (AvgIpc) is 3.04. The largest absolute Gasteiger partial charge is 0.338 e. The SMILES string of the molecule is CN(Cc1nc2ccsc2c(=O)[nH]1)C(=O)C(C)(C)c1ccccc1. The minimum atomic E-state index is -0.650. The van der Waals surface area contributed by atoms with E-state index in [0.29, 0.717) is 16.0 Å². The van der Waals surface area contributed by atoms with Crippen molar-refractivity contribution >= 4 is 27.5 Å². The van der Waals surface area contributed by atoms with E-state index in [1.165, 1.54) is 11.3 Å². The molecule has 0 aliphatic heterocycles. The molecule has 1 aromatic carbocycles. The van der Waals surface area contributed by atoms with Crippen molar-refractivity contribution in [3.8, 4) is 0 Å². The smallest absolute Gasteiger partial charge is 0.268 e. The molecule has 3 rings (SSSR count). The molecule has 0 bridgehead atoms. The van der Waals surface area contributed by atoms with E-state index in [0.717, 1.165) is 5.56 Å². The van der Waals surface area contributed by atoms with Gasteiger partial charge in [-0.05, 0) is 30.9 Å². The minimum Gasteiger partial charge on any atom is -0.338 e. The molecule has 0 fully saturated rings. The Labute approximate surface area is 144 Å². The number of aromatic nitrogens is 2. The number of thiophene rings is 1. The number of amides is 1. The van der Waals surface area contributed by atoms with Crippen LogP contribution in [-0.4, -0.2) is 27.8 Å². The highest BCUT2D eigenvalue weighted by Gasteiger charge is 2.32. The Balaban J connectivity index is 1.84. The predicted octanol–water partition coefficient (Wildman–Crippen LogP) is 2.92. The molecule has 0 aliphatic rings. The van der Waals surface area contributed by atoms with Crippen LogP contribution >= 0.6 is 11.3 Å². The van der Waals surface area contributed by atoms with Crippen molar-refractivity contribution in [1.29, 1.82) is 0 Å². The summed E-state index contributed by atoms with van der Waals surface area (Å²) in [6.45, 7) is 4.06. The summed E-state index contributed by atoms with van der Waals surface area (Å²) in [6, 6.07) is 11.5. The van der Waals surface area contributed by atoms with Gasteiger partial charge in [0.15, 0.2) is 0 Å². The topological polar surface area (TPSA) is 66.1 Å². The first-order chi connectivity index (χ1) is 11.4. The Morgan fingerprint density at radius 2 is 1.96 bits per heavy atom. The van der Waals surface area contributed by atoms with Crippen LogP contribution in [0.1, 0.15) is 25.2 Å². The fourth-order valence-electron chi connectivity index (χ4n) is 2.75. The predicted molar refractivity (Wildman–Crippen MR) is 96.2 cm³/mol. The monoisotopic (exact) mass is 341 g/mol. The lowest BCUT2D eigenvalue weighted by molar-refractivity contribution is -0.135. The van der Waals surface area contributed by atoms with Gasteiger partial charge in [-0.2, -0.15) is 0 Å². The first-order valence-electron chi connectivity index (χ1n) is 7.67. The molecule has 2 heterocycles. The highest BCUT2D eigenvalue weighted by Crippen LogP contribution is 2.25. The summed E-state index contributed by atoms with van der Waals surface area (Å²) in [7, 11) is 1.73. The van der Waals surface area contributed by atoms with Crippen molar-refractivity contribution in [1.82, 2.24) is 14.9 Å². The zero-order valence-electron chi connectivity index (χ0n) is 13.9. The summed E-state index contributed by atoms with van der Waals surface area (Å²) >= 11 is 1.36. The summed E-state index contributed by atoms with van der Waals surface area (Å²) in [5, 5.41) is 1.84. The summed E-state index contributed by atoms with van der Waals surface area (Å²) in [6.07, 6.45) is 0. The highest BCUT2D eigenvalue weighted by molar-refractivity contribution is 7.17. The molecule has 0 atom stereocenters. The van der Waals surface area contributed by atoms with E-state index in [1.54, 1.807) is 11.9 Å². The maximum absolute atomic E-state index is 12.9. The van der Waals surface area contributed by atoms with Crippen LogP contribution in [-0.2, 0) is 16.8 Å². The molecule has 6 heteroatoms. The third kappa shape index (κ3) is 2.97. The van der Waals surface area contributed by atoms with Crippen LogP contribution in [0.4, 0.5) is 0 Å². The van der Waals surface area contributed by atoms with Crippen LogP contribution in [0.5, 0.6) is 0 Å². The quantitative estimate of drug-likeness (QED) is 0.793. The fraction of sp³-hybridized carbons (Fsp3) is 0.278. The van der Waals surface area contributed by atoms with Crippen LogP contribution in [0.3, 0.4) is 0 Å². The number of nitrogens with zero attached hydrogens (tertiary/aromatic N) is 2. The molecule has 5 nitrogen and oxygen atoms in total. The molecule has 0 radical (unpaired) electrons. The van der Waals surface area contributed by atoms with Crippen molar-refractivity contribution in [2.45, 2.75) is 25.8 Å². The maximum atomic E-state index is 12.9. The highest BCUT2D eigenvalue weighted by atomic mass is 32.1. The number of hydrogen-bond donors (Lipinski definition) is 1. The van der Waals surface area contributed by atoms with E-state index in [4.69, 9.17) is 0 Å². The number of H-pyrrole nitrogens is 1. The van der Waals surface area contributed by atoms with Gasteiger partial charge in [-0.15, -0.1) is 11.3 Å². The van der Waals surface area contributed by atoms with Crippen LogP contribution in [0.2, 0.25) is 0 Å². The zero-order valence-corrected chi connectivity index (χ0v) is 14.7. The van der Waals surface area contributed by atoms with Crippen molar-refractivity contribution < 1.29 is 4.79 Å². The third-order valence-corrected chi connectivity index (χ3v) is 5.03. The number of nitrogens with one attached hydrogen (secondary N) is 1. The van der Waals surface area contributed by atoms with Gasteiger partial charge in [-0.25, -0.2) is 4.98 Å². The van der Waals surface area contributed by atoms with Crippen molar-refractivity contribution in [2.24, 2.45) is 0 Å². The molecule has 24 heavy (non-hydrogen) atoms. The number of carbonyl (C=O) groups is 1. The first-order valence-corrected chi connectivity index (χ1v) is 8.55. The second kappa shape index (κ2) is 6.20. The first kappa shape index (κ1) is 16.4. The van der Waals surface area contributed by atoms with Gasteiger partial charge >= 0.3 is 0 Å². The molecule has 0 spiro atoms. The summed E-state index contributed by atoms with van der Waals surface area (Å²) < 4.78 is 0.609. The standard InChI is InChI=1S/C18H19N3O2S/c1-18(2,12-7-5-4-6-8-12)17(23)21(3)11-14-19-13-9-10-24-15(13)16(22)20-14/h4-10H,11H2,1-3H3,(H,19,20,22). The van der Waals surface area contributed by atoms with Gasteiger partial charge in [0.25, 0.3) is 5.56 Å². The van der Waals surface area contributed by atoms with E-state index in [9.17, 15) is 9.59 Å². The number of likely N-dealkylation sites (N-methyl/N-ethyl adjacent to an activating group) is 1. The lowest BCUT2D eigenvalue weighted by Crippen LogP contribution is -2.41. The molecule has 1 N–H and O–H groups in total.